The number of fused-ring (bicyclic) bond motifs is 1. The Kier molecular flexibility index (Phi) is 5.03. The average Bonchev–Trinajstić information content (AvgIpc) is 3.61. The van der Waals surface area contributed by atoms with E-state index in [1.54, 1.807) is 21.8 Å². The molecule has 0 fully saturated rings. The van der Waals surface area contributed by atoms with Crippen molar-refractivity contribution in [3.8, 4) is 11.3 Å². The first-order valence-corrected chi connectivity index (χ1v) is 11.1. The number of hydrogen-bond acceptors (Lipinski definition) is 7. The highest BCUT2D eigenvalue weighted by molar-refractivity contribution is 5.65. The normalized spacial score (nSPS) is 12.2. The van der Waals surface area contributed by atoms with E-state index in [0.29, 0.717) is 5.95 Å². The molecular formula is C25H22N10. The van der Waals surface area contributed by atoms with Crippen LogP contribution >= 0.6 is 0 Å². The number of rotatable bonds is 6. The van der Waals surface area contributed by atoms with Gasteiger partial charge >= 0.3 is 0 Å². The zero-order valence-corrected chi connectivity index (χ0v) is 19.2. The predicted octanol–water partition coefficient (Wildman–Crippen LogP) is 3.58. The summed E-state index contributed by atoms with van der Waals surface area (Å²) in [7, 11) is 3.77. The lowest BCUT2D eigenvalue weighted by molar-refractivity contribution is 0.765. The first-order chi connectivity index (χ1) is 17.2. The number of aromatic nitrogens is 9. The lowest BCUT2D eigenvalue weighted by Gasteiger charge is -2.14. The predicted molar refractivity (Wildman–Crippen MR) is 131 cm³/mol. The molecule has 35 heavy (non-hydrogen) atoms. The third kappa shape index (κ3) is 3.90. The fraction of sp³-hybridized carbons (Fsp3) is 0.120. The molecule has 0 aliphatic rings. The number of hydrogen-bond donors (Lipinski definition) is 1. The average molecular weight is 463 g/mol. The van der Waals surface area contributed by atoms with E-state index in [1.165, 1.54) is 0 Å². The van der Waals surface area contributed by atoms with Gasteiger partial charge in [0.15, 0.2) is 5.65 Å². The van der Waals surface area contributed by atoms with Crippen molar-refractivity contribution < 1.29 is 0 Å². The van der Waals surface area contributed by atoms with Gasteiger partial charge in [0.2, 0.25) is 5.95 Å². The second kappa shape index (κ2) is 8.49. The first kappa shape index (κ1) is 20.7. The number of anilines is 2. The Balaban J connectivity index is 1.38. The Hall–Kier alpha value is -4.86. The Morgan fingerprint density at radius 3 is 2.54 bits per heavy atom. The van der Waals surface area contributed by atoms with Gasteiger partial charge in [-0.2, -0.15) is 10.2 Å². The van der Waals surface area contributed by atoms with Crippen LogP contribution in [0, 0.1) is 0 Å². The summed E-state index contributed by atoms with van der Waals surface area (Å²) in [4.78, 5) is 9.01. The summed E-state index contributed by atoms with van der Waals surface area (Å²) in [5.74, 6) is 2.03. The van der Waals surface area contributed by atoms with Crippen LogP contribution in [-0.2, 0) is 14.1 Å². The van der Waals surface area contributed by atoms with Gasteiger partial charge in [0.05, 0.1) is 24.0 Å². The Labute approximate surface area is 200 Å². The molecule has 0 saturated carbocycles. The van der Waals surface area contributed by atoms with Gasteiger partial charge in [-0.15, -0.1) is 10.2 Å². The Morgan fingerprint density at radius 1 is 0.886 bits per heavy atom. The smallest absolute Gasteiger partial charge is 0.228 e. The molecule has 6 aromatic rings. The van der Waals surface area contributed by atoms with Gasteiger partial charge in [-0.3, -0.25) is 13.8 Å². The highest BCUT2D eigenvalue weighted by Gasteiger charge is 2.24. The monoisotopic (exact) mass is 462 g/mol. The van der Waals surface area contributed by atoms with Crippen molar-refractivity contribution in [3.63, 3.8) is 0 Å². The lowest BCUT2D eigenvalue weighted by atomic mass is 9.93. The van der Waals surface area contributed by atoms with E-state index in [-0.39, 0.29) is 5.92 Å². The molecule has 172 valence electrons. The van der Waals surface area contributed by atoms with Gasteiger partial charge in [-0.25, -0.2) is 9.97 Å². The fourth-order valence-corrected chi connectivity index (χ4v) is 4.18. The minimum atomic E-state index is -0.0977. The van der Waals surface area contributed by atoms with Crippen molar-refractivity contribution >= 4 is 17.4 Å². The zero-order chi connectivity index (χ0) is 23.8. The number of nitrogens with one attached hydrogen (secondary N) is 1. The molecule has 0 amide bonds. The maximum atomic E-state index is 4.67. The third-order valence-corrected chi connectivity index (χ3v) is 5.90. The number of aryl methyl sites for hydroxylation is 2. The molecule has 0 spiro atoms. The minimum Gasteiger partial charge on any atom is -0.309 e. The molecule has 5 aromatic heterocycles. The molecule has 1 N–H and O–H groups in total. The van der Waals surface area contributed by atoms with Crippen LogP contribution in [0.3, 0.4) is 0 Å². The molecule has 0 saturated heterocycles. The molecule has 6 rings (SSSR count). The molecule has 0 aliphatic heterocycles. The number of benzene rings is 1. The van der Waals surface area contributed by atoms with Crippen LogP contribution < -0.4 is 5.32 Å². The molecule has 0 bridgehead atoms. The Bertz CT molecular complexity index is 1610. The second-order valence-electron chi connectivity index (χ2n) is 8.22. The summed E-state index contributed by atoms with van der Waals surface area (Å²) in [6, 6.07) is 18.0. The van der Waals surface area contributed by atoms with Crippen LogP contribution in [-0.4, -0.2) is 44.1 Å². The molecule has 10 heteroatoms. The lowest BCUT2D eigenvalue weighted by Crippen LogP contribution is -2.07. The van der Waals surface area contributed by atoms with Crippen LogP contribution in [0.1, 0.15) is 22.9 Å². The molecule has 1 atom stereocenters. The van der Waals surface area contributed by atoms with E-state index in [2.05, 4.69) is 47.8 Å². The van der Waals surface area contributed by atoms with Crippen LogP contribution in [0.4, 0.5) is 11.8 Å². The zero-order valence-electron chi connectivity index (χ0n) is 19.2. The quantitative estimate of drug-likeness (QED) is 0.403. The van der Waals surface area contributed by atoms with Gasteiger partial charge in [-0.1, -0.05) is 30.3 Å². The van der Waals surface area contributed by atoms with E-state index in [0.717, 1.165) is 39.7 Å². The molecule has 1 unspecified atom stereocenters. The summed E-state index contributed by atoms with van der Waals surface area (Å²) >= 11 is 0. The van der Waals surface area contributed by atoms with E-state index >= 15 is 0 Å². The second-order valence-corrected chi connectivity index (χ2v) is 8.22. The van der Waals surface area contributed by atoms with E-state index < -0.39 is 0 Å². The van der Waals surface area contributed by atoms with E-state index in [4.69, 9.17) is 0 Å². The van der Waals surface area contributed by atoms with Crippen LogP contribution in [0.25, 0.3) is 16.9 Å². The molecule has 1 aromatic carbocycles. The highest BCUT2D eigenvalue weighted by atomic mass is 15.3. The molecule has 5 heterocycles. The van der Waals surface area contributed by atoms with Crippen molar-refractivity contribution in [2.24, 2.45) is 14.1 Å². The van der Waals surface area contributed by atoms with Crippen molar-refractivity contribution in [3.05, 3.63) is 103 Å². The topological polar surface area (TPSA) is 104 Å². The van der Waals surface area contributed by atoms with Crippen molar-refractivity contribution in [1.82, 2.24) is 44.1 Å². The van der Waals surface area contributed by atoms with Gasteiger partial charge in [0, 0.05) is 49.9 Å². The largest absolute Gasteiger partial charge is 0.309 e. The van der Waals surface area contributed by atoms with E-state index in [9.17, 15) is 0 Å². The van der Waals surface area contributed by atoms with E-state index in [1.807, 2.05) is 79.6 Å². The summed E-state index contributed by atoms with van der Waals surface area (Å²) < 4.78 is 5.55. The molecular weight excluding hydrogens is 440 g/mol. The van der Waals surface area contributed by atoms with Crippen molar-refractivity contribution in [2.45, 2.75) is 5.92 Å². The first-order valence-electron chi connectivity index (χ1n) is 11.1. The maximum Gasteiger partial charge on any atom is 0.228 e. The summed E-state index contributed by atoms with van der Waals surface area (Å²) in [6.07, 6.45) is 9.34. The summed E-state index contributed by atoms with van der Waals surface area (Å²) in [6.45, 7) is 0. The maximum absolute atomic E-state index is 4.67. The SMILES string of the molecule is Cn1cc(C(c2ccccc2)c2nnc3cc(-c4ccnc(Nc5ccnn5C)n4)ccn23)cn1. The number of pyridine rings is 1. The van der Waals surface area contributed by atoms with Crippen LogP contribution in [0.5, 0.6) is 0 Å². The number of nitrogens with zero attached hydrogens (tertiary/aromatic N) is 9. The summed E-state index contributed by atoms with van der Waals surface area (Å²) in [5.41, 5.74) is 4.62. The standard InChI is InChI=1S/C25H22N10/c1-33-16-19(15-28-33)23(17-6-4-3-5-7-17)24-32-31-22-14-18(10-13-35(22)24)20-8-11-26-25(29-20)30-21-9-12-27-34(21)2/h3-16,23H,1-2H3,(H,26,29,30). The van der Waals surface area contributed by atoms with Crippen molar-refractivity contribution in [2.75, 3.05) is 5.32 Å². The fourth-order valence-electron chi connectivity index (χ4n) is 4.18. The molecule has 10 nitrogen and oxygen atoms in total. The van der Waals surface area contributed by atoms with Gasteiger partial charge in [0.25, 0.3) is 0 Å². The molecule has 0 radical (unpaired) electrons. The van der Waals surface area contributed by atoms with Crippen molar-refractivity contribution in [1.29, 1.82) is 0 Å². The van der Waals surface area contributed by atoms with Gasteiger partial charge in [0.1, 0.15) is 11.6 Å². The summed E-state index contributed by atoms with van der Waals surface area (Å²) in [5, 5.41) is 20.8. The van der Waals surface area contributed by atoms with Crippen LogP contribution in [0.15, 0.2) is 85.6 Å². The molecule has 0 aliphatic carbocycles. The third-order valence-electron chi connectivity index (χ3n) is 5.90. The van der Waals surface area contributed by atoms with Gasteiger partial charge < -0.3 is 5.32 Å². The van der Waals surface area contributed by atoms with Crippen LogP contribution in [0.2, 0.25) is 0 Å². The van der Waals surface area contributed by atoms with Gasteiger partial charge in [-0.05, 0) is 23.8 Å². The Morgan fingerprint density at radius 2 is 1.77 bits per heavy atom. The highest BCUT2D eigenvalue weighted by Crippen LogP contribution is 2.31. The minimum absolute atomic E-state index is 0.0977.